The molecule has 0 radical (unpaired) electrons. The Bertz CT molecular complexity index is 1690. The van der Waals surface area contributed by atoms with Crippen molar-refractivity contribution in [2.24, 2.45) is 0 Å². The average molecular weight is 553 g/mol. The summed E-state index contributed by atoms with van der Waals surface area (Å²) in [5.74, 6) is -1.50. The molecule has 0 bridgehead atoms. The molecule has 4 rings (SSSR count). The number of nitriles is 1. The van der Waals surface area contributed by atoms with Crippen LogP contribution in [-0.4, -0.2) is 29.5 Å². The standard InChI is InChI=1S/C29H20F5N3O3/c1-36(2)27(38)18-4-3-5-22(12-18)40-21-10-7-17(8-11-21)26-14-24(29(32,33)34)23(15-35)28(39)37(26)16-19-6-9-20(30)13-25(19)31/h3-14H,16H2,1-2H3. The lowest BCUT2D eigenvalue weighted by molar-refractivity contribution is -0.137. The minimum atomic E-state index is -5.02. The number of hydrogen-bond acceptors (Lipinski definition) is 4. The van der Waals surface area contributed by atoms with E-state index in [0.717, 1.165) is 16.7 Å². The van der Waals surface area contributed by atoms with Gasteiger partial charge in [-0.1, -0.05) is 12.1 Å². The molecule has 1 heterocycles. The first kappa shape index (κ1) is 28.0. The van der Waals surface area contributed by atoms with E-state index in [-0.39, 0.29) is 28.5 Å². The van der Waals surface area contributed by atoms with Crippen LogP contribution in [0.5, 0.6) is 11.5 Å². The molecule has 11 heteroatoms. The molecule has 0 saturated carbocycles. The Hall–Kier alpha value is -4.98. The number of alkyl halides is 3. The number of pyridine rings is 1. The van der Waals surface area contributed by atoms with Crippen molar-refractivity contribution in [1.29, 1.82) is 5.26 Å². The predicted octanol–water partition coefficient (Wildman–Crippen LogP) is 6.23. The highest BCUT2D eigenvalue weighted by atomic mass is 19.4. The second-order valence-corrected chi connectivity index (χ2v) is 8.91. The van der Waals surface area contributed by atoms with E-state index >= 15 is 0 Å². The highest BCUT2D eigenvalue weighted by molar-refractivity contribution is 5.94. The zero-order valence-electron chi connectivity index (χ0n) is 21.1. The SMILES string of the molecule is CN(C)C(=O)c1cccc(Oc2ccc(-c3cc(C(F)(F)F)c(C#N)c(=O)n3Cc3ccc(F)cc3F)cc2)c1. The molecule has 6 nitrogen and oxygen atoms in total. The van der Waals surface area contributed by atoms with Crippen LogP contribution in [0.1, 0.15) is 27.0 Å². The second kappa shape index (κ2) is 11.0. The summed E-state index contributed by atoms with van der Waals surface area (Å²) in [6, 6.07) is 16.6. The van der Waals surface area contributed by atoms with E-state index in [4.69, 9.17) is 4.74 Å². The fourth-order valence-corrected chi connectivity index (χ4v) is 3.98. The van der Waals surface area contributed by atoms with Gasteiger partial charge in [-0.2, -0.15) is 18.4 Å². The molecule has 0 aliphatic heterocycles. The molecule has 1 aromatic heterocycles. The van der Waals surface area contributed by atoms with Gasteiger partial charge >= 0.3 is 6.18 Å². The van der Waals surface area contributed by atoms with Crippen molar-refractivity contribution in [3.63, 3.8) is 0 Å². The normalized spacial score (nSPS) is 11.2. The van der Waals surface area contributed by atoms with Gasteiger partial charge in [0.2, 0.25) is 0 Å². The number of amides is 1. The average Bonchev–Trinajstić information content (AvgIpc) is 2.90. The number of hydrogen-bond donors (Lipinski definition) is 0. The number of halogens is 5. The van der Waals surface area contributed by atoms with Gasteiger partial charge in [-0.05, 0) is 60.2 Å². The van der Waals surface area contributed by atoms with Crippen LogP contribution in [0.4, 0.5) is 22.0 Å². The van der Waals surface area contributed by atoms with Crippen LogP contribution in [-0.2, 0) is 12.7 Å². The summed E-state index contributed by atoms with van der Waals surface area (Å²) in [7, 11) is 3.21. The van der Waals surface area contributed by atoms with Gasteiger partial charge in [0.15, 0.2) is 0 Å². The van der Waals surface area contributed by atoms with Crippen molar-refractivity contribution in [3.05, 3.63) is 117 Å². The molecule has 204 valence electrons. The van der Waals surface area contributed by atoms with E-state index in [1.54, 1.807) is 32.3 Å². The maximum Gasteiger partial charge on any atom is 0.417 e. The van der Waals surface area contributed by atoms with Gasteiger partial charge in [-0.25, -0.2) is 8.78 Å². The fraction of sp³-hybridized carbons (Fsp3) is 0.138. The first-order valence-electron chi connectivity index (χ1n) is 11.7. The predicted molar refractivity (Wildman–Crippen MR) is 136 cm³/mol. The third-order valence-corrected chi connectivity index (χ3v) is 5.93. The summed E-state index contributed by atoms with van der Waals surface area (Å²) in [5, 5.41) is 9.34. The Labute approximate surface area is 225 Å². The van der Waals surface area contributed by atoms with E-state index in [0.29, 0.717) is 23.4 Å². The maximum absolute atomic E-state index is 14.4. The molecule has 3 aromatic carbocycles. The van der Waals surface area contributed by atoms with E-state index in [1.807, 2.05) is 0 Å². The molecule has 0 saturated heterocycles. The summed E-state index contributed by atoms with van der Waals surface area (Å²) in [5.41, 5.74) is -3.75. The van der Waals surface area contributed by atoms with Gasteiger partial charge in [0, 0.05) is 31.3 Å². The minimum Gasteiger partial charge on any atom is -0.457 e. The number of rotatable bonds is 6. The van der Waals surface area contributed by atoms with Crippen molar-refractivity contribution in [1.82, 2.24) is 9.47 Å². The molecule has 0 aliphatic carbocycles. The van der Waals surface area contributed by atoms with Crippen LogP contribution in [0.25, 0.3) is 11.3 Å². The van der Waals surface area contributed by atoms with E-state index in [1.165, 1.54) is 41.3 Å². The number of ether oxygens (including phenoxy) is 1. The van der Waals surface area contributed by atoms with Gasteiger partial charge in [0.1, 0.15) is 34.8 Å². The lowest BCUT2D eigenvalue weighted by atomic mass is 10.0. The van der Waals surface area contributed by atoms with Gasteiger partial charge in [-0.15, -0.1) is 0 Å². The second-order valence-electron chi connectivity index (χ2n) is 8.91. The fourth-order valence-electron chi connectivity index (χ4n) is 3.98. The number of benzene rings is 3. The Balaban J connectivity index is 1.77. The molecule has 0 atom stereocenters. The van der Waals surface area contributed by atoms with E-state index in [9.17, 15) is 36.8 Å². The topological polar surface area (TPSA) is 75.3 Å². The molecule has 1 amide bonds. The zero-order valence-corrected chi connectivity index (χ0v) is 21.1. The molecule has 0 aliphatic rings. The Morgan fingerprint density at radius 3 is 2.27 bits per heavy atom. The van der Waals surface area contributed by atoms with Crippen molar-refractivity contribution in [3.8, 4) is 28.8 Å². The number of aromatic nitrogens is 1. The van der Waals surface area contributed by atoms with Crippen molar-refractivity contribution in [2.45, 2.75) is 12.7 Å². The van der Waals surface area contributed by atoms with Gasteiger partial charge in [0.25, 0.3) is 11.5 Å². The number of carbonyl (C=O) groups is 1. The van der Waals surface area contributed by atoms with Crippen molar-refractivity contribution in [2.75, 3.05) is 14.1 Å². The van der Waals surface area contributed by atoms with Crippen LogP contribution in [0.15, 0.2) is 77.6 Å². The smallest absolute Gasteiger partial charge is 0.417 e. The van der Waals surface area contributed by atoms with Gasteiger partial charge in [-0.3, -0.25) is 9.59 Å². The summed E-state index contributed by atoms with van der Waals surface area (Å²) in [4.78, 5) is 26.7. The van der Waals surface area contributed by atoms with Crippen LogP contribution in [0.3, 0.4) is 0 Å². The summed E-state index contributed by atoms with van der Waals surface area (Å²) in [6.07, 6.45) is -5.02. The van der Waals surface area contributed by atoms with Crippen molar-refractivity contribution >= 4 is 5.91 Å². The maximum atomic E-state index is 14.4. The van der Waals surface area contributed by atoms with E-state index in [2.05, 4.69) is 0 Å². The van der Waals surface area contributed by atoms with Gasteiger partial charge < -0.3 is 14.2 Å². The monoisotopic (exact) mass is 553 g/mol. The first-order chi connectivity index (χ1) is 18.9. The van der Waals surface area contributed by atoms with E-state index < -0.39 is 41.0 Å². The summed E-state index contributed by atoms with van der Waals surface area (Å²) >= 11 is 0. The van der Waals surface area contributed by atoms with Crippen LogP contribution in [0, 0.1) is 23.0 Å². The Kier molecular flexibility index (Phi) is 7.72. The quantitative estimate of drug-likeness (QED) is 0.266. The Morgan fingerprint density at radius 2 is 1.68 bits per heavy atom. The summed E-state index contributed by atoms with van der Waals surface area (Å²) < 4.78 is 75.7. The molecule has 0 spiro atoms. The van der Waals surface area contributed by atoms with Gasteiger partial charge in [0.05, 0.1) is 17.8 Å². The number of nitrogens with zero attached hydrogens (tertiary/aromatic N) is 3. The summed E-state index contributed by atoms with van der Waals surface area (Å²) in [6.45, 7) is -0.557. The van der Waals surface area contributed by atoms with Crippen LogP contribution >= 0.6 is 0 Å². The molecular weight excluding hydrogens is 533 g/mol. The highest BCUT2D eigenvalue weighted by Gasteiger charge is 2.36. The molecular formula is C29H20F5N3O3. The lowest BCUT2D eigenvalue weighted by Gasteiger charge is -2.18. The molecule has 4 aromatic rings. The molecule has 40 heavy (non-hydrogen) atoms. The first-order valence-corrected chi connectivity index (χ1v) is 11.7. The third kappa shape index (κ3) is 5.86. The Morgan fingerprint density at radius 1 is 0.975 bits per heavy atom. The minimum absolute atomic E-state index is 0.137. The number of carbonyl (C=O) groups excluding carboxylic acids is 1. The highest BCUT2D eigenvalue weighted by Crippen LogP contribution is 2.34. The molecule has 0 unspecified atom stereocenters. The lowest BCUT2D eigenvalue weighted by Crippen LogP contribution is -2.29. The van der Waals surface area contributed by atoms with Crippen LogP contribution in [0.2, 0.25) is 0 Å². The van der Waals surface area contributed by atoms with Crippen LogP contribution < -0.4 is 10.3 Å². The molecule has 0 fully saturated rings. The largest absolute Gasteiger partial charge is 0.457 e. The molecule has 0 N–H and O–H groups in total. The third-order valence-electron chi connectivity index (χ3n) is 5.93. The van der Waals surface area contributed by atoms with Crippen molar-refractivity contribution < 1.29 is 31.5 Å². The zero-order chi connectivity index (χ0) is 29.2.